The topological polar surface area (TPSA) is 55.9 Å². The van der Waals surface area contributed by atoms with Crippen molar-refractivity contribution in [2.45, 2.75) is 18.9 Å². The van der Waals surface area contributed by atoms with Crippen molar-refractivity contribution >= 4 is 27.5 Å². The number of rotatable bonds is 5. The third-order valence-corrected chi connectivity index (χ3v) is 3.85. The van der Waals surface area contributed by atoms with Crippen molar-refractivity contribution in [2.24, 2.45) is 12.9 Å². The molecule has 1 heterocycles. The molecular weight excluding hydrogens is 328 g/mol. The fraction of sp³-hybridized carbons (Fsp3) is 0.308. The largest absolute Gasteiger partial charge is 0.276 e. The summed E-state index contributed by atoms with van der Waals surface area (Å²) in [5.74, 6) is 5.65. The summed E-state index contributed by atoms with van der Waals surface area (Å²) in [6.45, 7) is 0. The number of hydrazine groups is 1. The van der Waals surface area contributed by atoms with E-state index in [0.29, 0.717) is 0 Å². The molecular formula is C13H16BrClN4. The zero-order chi connectivity index (χ0) is 13.8. The predicted octanol–water partition coefficient (Wildman–Crippen LogP) is 2.97. The van der Waals surface area contributed by atoms with Crippen LogP contribution in [0.5, 0.6) is 0 Å². The molecule has 1 atom stereocenters. The Morgan fingerprint density at radius 3 is 2.95 bits per heavy atom. The van der Waals surface area contributed by atoms with Gasteiger partial charge in [-0.1, -0.05) is 27.5 Å². The summed E-state index contributed by atoms with van der Waals surface area (Å²) in [6.07, 6.45) is 5.64. The van der Waals surface area contributed by atoms with Gasteiger partial charge in [0, 0.05) is 28.8 Å². The van der Waals surface area contributed by atoms with Gasteiger partial charge >= 0.3 is 0 Å². The highest BCUT2D eigenvalue weighted by Crippen LogP contribution is 2.28. The van der Waals surface area contributed by atoms with Crippen LogP contribution in [0.25, 0.3) is 0 Å². The third kappa shape index (κ3) is 3.79. The average molecular weight is 344 g/mol. The molecule has 0 spiro atoms. The fourth-order valence-electron chi connectivity index (χ4n) is 2.02. The first kappa shape index (κ1) is 14.5. The van der Waals surface area contributed by atoms with E-state index in [9.17, 15) is 0 Å². The van der Waals surface area contributed by atoms with Crippen LogP contribution in [0.2, 0.25) is 5.02 Å². The fourth-order valence-corrected chi connectivity index (χ4v) is 2.65. The number of hydrogen-bond donors (Lipinski definition) is 2. The molecule has 0 aliphatic rings. The summed E-state index contributed by atoms with van der Waals surface area (Å²) in [5, 5.41) is 4.88. The van der Waals surface area contributed by atoms with E-state index >= 15 is 0 Å². The molecule has 0 saturated heterocycles. The van der Waals surface area contributed by atoms with E-state index in [-0.39, 0.29) is 6.04 Å². The molecule has 0 bridgehead atoms. The van der Waals surface area contributed by atoms with Gasteiger partial charge in [-0.15, -0.1) is 0 Å². The number of hydrogen-bond acceptors (Lipinski definition) is 3. The average Bonchev–Trinajstić information content (AvgIpc) is 2.80. The molecule has 1 unspecified atom stereocenters. The van der Waals surface area contributed by atoms with E-state index in [1.807, 2.05) is 37.6 Å². The molecule has 102 valence electrons. The molecule has 0 aliphatic heterocycles. The molecule has 4 nitrogen and oxygen atoms in total. The second kappa shape index (κ2) is 6.52. The maximum absolute atomic E-state index is 6.22. The number of nitrogens with two attached hydrogens (primary N) is 1. The quantitative estimate of drug-likeness (QED) is 0.648. The van der Waals surface area contributed by atoms with Gasteiger partial charge in [0.1, 0.15) is 0 Å². The van der Waals surface area contributed by atoms with Crippen molar-refractivity contribution in [1.82, 2.24) is 15.2 Å². The Kier molecular flexibility index (Phi) is 4.99. The molecule has 1 aromatic carbocycles. The number of nitrogens with zero attached hydrogens (tertiary/aromatic N) is 2. The van der Waals surface area contributed by atoms with Gasteiger partial charge < -0.3 is 0 Å². The van der Waals surface area contributed by atoms with Gasteiger partial charge in [-0.05, 0) is 42.2 Å². The van der Waals surface area contributed by atoms with Gasteiger partial charge in [-0.3, -0.25) is 16.0 Å². The van der Waals surface area contributed by atoms with E-state index in [1.165, 1.54) is 5.56 Å². The molecule has 2 rings (SSSR count). The Bertz CT molecular complexity index is 555. The molecule has 0 amide bonds. The van der Waals surface area contributed by atoms with Crippen molar-refractivity contribution < 1.29 is 0 Å². The molecule has 3 N–H and O–H groups in total. The Hall–Kier alpha value is -0.880. The number of nitrogens with one attached hydrogen (secondary N) is 1. The van der Waals surface area contributed by atoms with E-state index in [1.54, 1.807) is 4.68 Å². The predicted molar refractivity (Wildman–Crippen MR) is 80.7 cm³/mol. The summed E-state index contributed by atoms with van der Waals surface area (Å²) >= 11 is 9.68. The number of aromatic nitrogens is 2. The Morgan fingerprint density at radius 2 is 2.32 bits per heavy atom. The van der Waals surface area contributed by atoms with Crippen LogP contribution in [-0.2, 0) is 13.5 Å². The first-order valence-electron chi connectivity index (χ1n) is 5.98. The minimum Gasteiger partial charge on any atom is -0.276 e. The molecule has 0 fully saturated rings. The summed E-state index contributed by atoms with van der Waals surface area (Å²) < 4.78 is 2.79. The van der Waals surface area contributed by atoms with Crippen molar-refractivity contribution in [3.63, 3.8) is 0 Å². The molecule has 6 heteroatoms. The molecule has 2 aromatic rings. The minimum atomic E-state index is 0.0187. The molecule has 0 radical (unpaired) electrons. The van der Waals surface area contributed by atoms with Crippen LogP contribution < -0.4 is 11.3 Å². The molecule has 0 saturated carbocycles. The van der Waals surface area contributed by atoms with E-state index < -0.39 is 0 Å². The Morgan fingerprint density at radius 1 is 1.53 bits per heavy atom. The van der Waals surface area contributed by atoms with Crippen molar-refractivity contribution in [3.05, 3.63) is 51.2 Å². The van der Waals surface area contributed by atoms with Crippen molar-refractivity contribution in [1.29, 1.82) is 0 Å². The van der Waals surface area contributed by atoms with Gasteiger partial charge in [0.2, 0.25) is 0 Å². The molecule has 1 aromatic heterocycles. The summed E-state index contributed by atoms with van der Waals surface area (Å²) in [7, 11) is 1.91. The first-order valence-corrected chi connectivity index (χ1v) is 7.16. The number of halogens is 2. The van der Waals surface area contributed by atoms with Crippen molar-refractivity contribution in [3.8, 4) is 0 Å². The summed E-state index contributed by atoms with van der Waals surface area (Å²) in [4.78, 5) is 0. The van der Waals surface area contributed by atoms with Crippen LogP contribution in [0.4, 0.5) is 0 Å². The van der Waals surface area contributed by atoms with Crippen LogP contribution in [0.1, 0.15) is 23.6 Å². The monoisotopic (exact) mass is 342 g/mol. The van der Waals surface area contributed by atoms with E-state index in [0.717, 1.165) is 27.9 Å². The normalized spacial score (nSPS) is 12.6. The summed E-state index contributed by atoms with van der Waals surface area (Å²) in [5.41, 5.74) is 5.02. The van der Waals surface area contributed by atoms with Crippen molar-refractivity contribution in [2.75, 3.05) is 0 Å². The second-order valence-corrected chi connectivity index (χ2v) is 5.77. The lowest BCUT2D eigenvalue weighted by Crippen LogP contribution is -2.28. The van der Waals surface area contributed by atoms with Crippen LogP contribution in [-0.4, -0.2) is 9.78 Å². The van der Waals surface area contributed by atoms with E-state index in [2.05, 4.69) is 26.5 Å². The standard InChI is InChI=1S/C13H16BrClN4/c1-19-8-9(7-17-19)2-5-13(18-16)11-6-10(14)3-4-12(11)15/h3-4,6-8,13,18H,2,5,16H2,1H3. The third-order valence-electron chi connectivity index (χ3n) is 3.01. The molecule has 0 aliphatic carbocycles. The smallest absolute Gasteiger partial charge is 0.0521 e. The molecule has 19 heavy (non-hydrogen) atoms. The SMILES string of the molecule is Cn1cc(CCC(NN)c2cc(Br)ccc2Cl)cn1. The van der Waals surface area contributed by atoms with Gasteiger partial charge in [0.15, 0.2) is 0 Å². The lowest BCUT2D eigenvalue weighted by atomic mass is 10.0. The van der Waals surface area contributed by atoms with Gasteiger partial charge in [-0.25, -0.2) is 0 Å². The van der Waals surface area contributed by atoms with Crippen LogP contribution in [0.15, 0.2) is 35.1 Å². The lowest BCUT2D eigenvalue weighted by Gasteiger charge is -2.17. The Labute approximate surface area is 126 Å². The maximum Gasteiger partial charge on any atom is 0.0521 e. The Balaban J connectivity index is 2.09. The van der Waals surface area contributed by atoms with Crippen LogP contribution in [0.3, 0.4) is 0 Å². The number of aryl methyl sites for hydroxylation is 2. The highest BCUT2D eigenvalue weighted by atomic mass is 79.9. The van der Waals surface area contributed by atoms with Gasteiger partial charge in [0.25, 0.3) is 0 Å². The maximum atomic E-state index is 6.22. The lowest BCUT2D eigenvalue weighted by molar-refractivity contribution is 0.516. The van der Waals surface area contributed by atoms with Gasteiger partial charge in [0.05, 0.1) is 6.20 Å². The zero-order valence-electron chi connectivity index (χ0n) is 10.6. The van der Waals surface area contributed by atoms with Crippen LogP contribution >= 0.6 is 27.5 Å². The highest BCUT2D eigenvalue weighted by Gasteiger charge is 2.14. The summed E-state index contributed by atoms with van der Waals surface area (Å²) in [6, 6.07) is 5.80. The minimum absolute atomic E-state index is 0.0187. The van der Waals surface area contributed by atoms with Gasteiger partial charge in [-0.2, -0.15) is 5.10 Å². The zero-order valence-corrected chi connectivity index (χ0v) is 12.9. The number of benzene rings is 1. The van der Waals surface area contributed by atoms with Crippen LogP contribution in [0, 0.1) is 0 Å². The van der Waals surface area contributed by atoms with E-state index in [4.69, 9.17) is 17.4 Å². The first-order chi connectivity index (χ1) is 9.10. The second-order valence-electron chi connectivity index (χ2n) is 4.45. The highest BCUT2D eigenvalue weighted by molar-refractivity contribution is 9.10.